The van der Waals surface area contributed by atoms with Gasteiger partial charge in [0, 0.05) is 12.7 Å². The fraction of sp³-hybridized carbons (Fsp3) is 0.188. The van der Waals surface area contributed by atoms with E-state index in [0.717, 1.165) is 5.56 Å². The van der Waals surface area contributed by atoms with Crippen molar-refractivity contribution in [1.82, 2.24) is 9.88 Å². The first-order valence-electron chi connectivity index (χ1n) is 7.07. The molecule has 0 fully saturated rings. The van der Waals surface area contributed by atoms with Gasteiger partial charge in [0.2, 0.25) is 5.96 Å². The van der Waals surface area contributed by atoms with Gasteiger partial charge in [0.15, 0.2) is 0 Å². The number of guanidine groups is 1. The van der Waals surface area contributed by atoms with Crippen molar-refractivity contribution in [3.8, 4) is 0 Å². The molecule has 0 saturated heterocycles. The van der Waals surface area contributed by atoms with E-state index >= 15 is 0 Å². The molecule has 0 unspecified atom stereocenters. The maximum atomic E-state index is 12.7. The van der Waals surface area contributed by atoms with Gasteiger partial charge in [0.05, 0.1) is 22.3 Å². The molecule has 0 aliphatic carbocycles. The zero-order chi connectivity index (χ0) is 16.4. The third-order valence-corrected chi connectivity index (χ3v) is 4.13. The van der Waals surface area contributed by atoms with Crippen molar-refractivity contribution in [3.05, 3.63) is 57.8 Å². The van der Waals surface area contributed by atoms with Crippen LogP contribution in [-0.2, 0) is 0 Å². The van der Waals surface area contributed by atoms with E-state index in [1.165, 1.54) is 0 Å². The minimum absolute atomic E-state index is 0.199. The summed E-state index contributed by atoms with van der Waals surface area (Å²) in [6.07, 6.45) is 1.60. The normalized spacial score (nSPS) is 13.9. The van der Waals surface area contributed by atoms with Crippen LogP contribution in [0, 0.1) is 6.92 Å². The number of pyridine rings is 1. The zero-order valence-electron chi connectivity index (χ0n) is 12.4. The van der Waals surface area contributed by atoms with E-state index in [2.05, 4.69) is 15.3 Å². The lowest BCUT2D eigenvalue weighted by molar-refractivity contribution is 0.0851. The van der Waals surface area contributed by atoms with E-state index in [-0.39, 0.29) is 5.91 Å². The van der Waals surface area contributed by atoms with Gasteiger partial charge >= 0.3 is 0 Å². The van der Waals surface area contributed by atoms with Crippen LogP contribution >= 0.6 is 23.2 Å². The van der Waals surface area contributed by atoms with Gasteiger partial charge in [-0.15, -0.1) is 0 Å². The molecule has 0 spiro atoms. The highest BCUT2D eigenvalue weighted by atomic mass is 35.5. The van der Waals surface area contributed by atoms with Crippen LogP contribution in [0.1, 0.15) is 16.1 Å². The number of aliphatic imine (C=N–C) groups is 1. The highest BCUT2D eigenvalue weighted by Crippen LogP contribution is 2.30. The summed E-state index contributed by atoms with van der Waals surface area (Å²) >= 11 is 12.3. The molecule has 0 bridgehead atoms. The average Bonchev–Trinajstić information content (AvgIpc) is 2.99. The number of carbonyl (C=O) groups is 1. The van der Waals surface area contributed by atoms with E-state index in [1.54, 1.807) is 35.4 Å². The molecule has 118 valence electrons. The fourth-order valence-electron chi connectivity index (χ4n) is 2.32. The summed E-state index contributed by atoms with van der Waals surface area (Å²) in [5, 5.41) is 3.99. The number of carbonyl (C=O) groups excluding carboxylic acids is 1. The van der Waals surface area contributed by atoms with Crippen LogP contribution < -0.4 is 5.32 Å². The van der Waals surface area contributed by atoms with Gasteiger partial charge < -0.3 is 5.32 Å². The molecule has 1 amide bonds. The largest absolute Gasteiger partial charge is 0.323 e. The highest BCUT2D eigenvalue weighted by molar-refractivity contribution is 6.40. The number of aromatic nitrogens is 1. The monoisotopic (exact) mass is 348 g/mol. The second-order valence-electron chi connectivity index (χ2n) is 5.05. The number of amides is 1. The number of anilines is 1. The number of hydrogen-bond acceptors (Lipinski definition) is 4. The van der Waals surface area contributed by atoms with Gasteiger partial charge in [-0.1, -0.05) is 35.3 Å². The van der Waals surface area contributed by atoms with Gasteiger partial charge in [-0.05, 0) is 30.7 Å². The van der Waals surface area contributed by atoms with Gasteiger partial charge in [-0.25, -0.2) is 0 Å². The van der Waals surface area contributed by atoms with E-state index in [0.29, 0.717) is 40.5 Å². The number of benzene rings is 1. The molecule has 1 aliphatic rings. The maximum Gasteiger partial charge on any atom is 0.279 e. The van der Waals surface area contributed by atoms with Crippen LogP contribution in [0.5, 0.6) is 0 Å². The number of nitrogens with zero attached hydrogens (tertiary/aromatic N) is 3. The molecule has 1 N–H and O–H groups in total. The van der Waals surface area contributed by atoms with Crippen molar-refractivity contribution in [3.63, 3.8) is 0 Å². The minimum Gasteiger partial charge on any atom is -0.323 e. The van der Waals surface area contributed by atoms with Crippen LogP contribution in [0.2, 0.25) is 10.0 Å². The smallest absolute Gasteiger partial charge is 0.279 e. The summed E-state index contributed by atoms with van der Waals surface area (Å²) in [5.74, 6) is 0.227. The number of hydrogen-bond donors (Lipinski definition) is 1. The van der Waals surface area contributed by atoms with Crippen molar-refractivity contribution < 1.29 is 4.79 Å². The summed E-state index contributed by atoms with van der Waals surface area (Å²) in [6, 6.07) is 8.85. The molecule has 0 saturated carbocycles. The fourth-order valence-corrected chi connectivity index (χ4v) is 2.81. The Hall–Kier alpha value is -2.11. The van der Waals surface area contributed by atoms with Crippen LogP contribution in [0.4, 0.5) is 5.69 Å². The lowest BCUT2D eigenvalue weighted by Gasteiger charge is -2.20. The van der Waals surface area contributed by atoms with Gasteiger partial charge in [0.25, 0.3) is 5.91 Å². The van der Waals surface area contributed by atoms with Crippen LogP contribution in [-0.4, -0.2) is 34.8 Å². The molecule has 0 radical (unpaired) electrons. The first kappa shape index (κ1) is 15.8. The lowest BCUT2D eigenvalue weighted by Crippen LogP contribution is -2.39. The van der Waals surface area contributed by atoms with Gasteiger partial charge in [-0.3, -0.25) is 19.7 Å². The third kappa shape index (κ3) is 3.16. The van der Waals surface area contributed by atoms with Gasteiger partial charge in [-0.2, -0.15) is 0 Å². The van der Waals surface area contributed by atoms with Crippen LogP contribution in [0.3, 0.4) is 0 Å². The Kier molecular flexibility index (Phi) is 4.50. The molecule has 5 nitrogen and oxygen atoms in total. The number of para-hydroxylation sites is 1. The summed E-state index contributed by atoms with van der Waals surface area (Å²) in [7, 11) is 0. The van der Waals surface area contributed by atoms with Crippen molar-refractivity contribution in [2.24, 2.45) is 4.99 Å². The van der Waals surface area contributed by atoms with Crippen LogP contribution in [0.25, 0.3) is 0 Å². The first-order chi connectivity index (χ1) is 11.1. The average molecular weight is 349 g/mol. The van der Waals surface area contributed by atoms with E-state index in [9.17, 15) is 4.79 Å². The second kappa shape index (κ2) is 6.56. The Morgan fingerprint density at radius 3 is 2.65 bits per heavy atom. The van der Waals surface area contributed by atoms with Crippen molar-refractivity contribution >= 4 is 40.8 Å². The molecule has 2 aromatic rings. The van der Waals surface area contributed by atoms with Crippen molar-refractivity contribution in [2.75, 3.05) is 18.4 Å². The molecule has 2 heterocycles. The first-order valence-corrected chi connectivity index (χ1v) is 7.82. The highest BCUT2D eigenvalue weighted by Gasteiger charge is 2.27. The summed E-state index contributed by atoms with van der Waals surface area (Å²) in [6.45, 7) is 2.85. The molecule has 1 aromatic heterocycles. The van der Waals surface area contributed by atoms with Gasteiger partial charge in [0.1, 0.15) is 5.69 Å². The number of nitrogens with one attached hydrogen (secondary N) is 1. The molecule has 23 heavy (non-hydrogen) atoms. The molecular formula is C16H14Cl2N4O. The summed E-state index contributed by atoms with van der Waals surface area (Å²) < 4.78 is 0. The van der Waals surface area contributed by atoms with E-state index in [4.69, 9.17) is 23.2 Å². The van der Waals surface area contributed by atoms with Crippen molar-refractivity contribution in [2.45, 2.75) is 6.92 Å². The molecule has 1 aliphatic heterocycles. The molecular weight excluding hydrogens is 335 g/mol. The zero-order valence-corrected chi connectivity index (χ0v) is 13.9. The predicted octanol–water partition coefficient (Wildman–Crippen LogP) is 3.62. The lowest BCUT2D eigenvalue weighted by atomic mass is 10.2. The summed E-state index contributed by atoms with van der Waals surface area (Å²) in [4.78, 5) is 22.8. The Labute approximate surface area is 144 Å². The Balaban J connectivity index is 1.86. The van der Waals surface area contributed by atoms with E-state index in [1.807, 2.05) is 13.0 Å². The standard InChI is InChI=1S/C16H14Cl2N4O/c1-10-4-3-7-19-13(10)15(23)22-9-8-20-16(22)21-14-11(17)5-2-6-12(14)18/h2-7H,8-9H2,1H3,(H,20,21). The number of aryl methyl sites for hydroxylation is 1. The van der Waals surface area contributed by atoms with Crippen LogP contribution in [0.15, 0.2) is 41.5 Å². The molecule has 1 aromatic carbocycles. The van der Waals surface area contributed by atoms with Crippen molar-refractivity contribution in [1.29, 1.82) is 0 Å². The maximum absolute atomic E-state index is 12.7. The Bertz CT molecular complexity index is 771. The molecule has 0 atom stereocenters. The minimum atomic E-state index is -0.199. The third-order valence-electron chi connectivity index (χ3n) is 3.50. The summed E-state index contributed by atoms with van der Waals surface area (Å²) in [5.41, 5.74) is 1.76. The Morgan fingerprint density at radius 2 is 1.96 bits per heavy atom. The second-order valence-corrected chi connectivity index (χ2v) is 5.87. The Morgan fingerprint density at radius 1 is 1.22 bits per heavy atom. The van der Waals surface area contributed by atoms with E-state index < -0.39 is 0 Å². The molecule has 3 rings (SSSR count). The SMILES string of the molecule is Cc1cccnc1C(=O)N1CCN=C1Nc1c(Cl)cccc1Cl. The predicted molar refractivity (Wildman–Crippen MR) is 92.4 cm³/mol. The topological polar surface area (TPSA) is 57.6 Å². The number of rotatable bonds is 2. The number of halogens is 2. The quantitative estimate of drug-likeness (QED) is 0.901. The molecule has 7 heteroatoms.